The van der Waals surface area contributed by atoms with Gasteiger partial charge in [-0.3, -0.25) is 9.13 Å². The zero-order chi connectivity index (χ0) is 31.4. The Labute approximate surface area is 294 Å². The van der Waals surface area contributed by atoms with E-state index in [4.69, 9.17) is 4.74 Å². The van der Waals surface area contributed by atoms with Crippen molar-refractivity contribution in [1.29, 1.82) is 0 Å². The minimum absolute atomic E-state index is 0. The average molecular weight is 800 g/mol. The first-order valence-electron chi connectivity index (χ1n) is 15.4. The molecule has 0 atom stereocenters. The molecule has 8 rings (SSSR count). The van der Waals surface area contributed by atoms with Crippen LogP contribution in [0.5, 0.6) is 11.5 Å². The maximum absolute atomic E-state index is 6.26. The summed E-state index contributed by atoms with van der Waals surface area (Å²) in [4.78, 5) is 0. The van der Waals surface area contributed by atoms with Crippen LogP contribution in [0, 0.1) is 24.8 Å². The molecule has 0 saturated carbocycles. The third-order valence-corrected chi connectivity index (χ3v) is 7.90. The summed E-state index contributed by atoms with van der Waals surface area (Å²) in [5.74, 6) is 1.16. The van der Waals surface area contributed by atoms with Crippen molar-refractivity contribution >= 4 is 0 Å². The minimum Gasteiger partial charge on any atom is -0.510 e. The molecule has 0 N–H and O–H groups in total. The first-order chi connectivity index (χ1) is 23.3. The molecule has 48 heavy (non-hydrogen) atoms. The number of benzene rings is 6. The fourth-order valence-electron chi connectivity index (χ4n) is 5.65. The van der Waals surface area contributed by atoms with Crippen LogP contribution in [0.2, 0.25) is 0 Å². The molecule has 0 unspecified atom stereocenters. The summed E-state index contributed by atoms with van der Waals surface area (Å²) in [7, 11) is 0. The van der Waals surface area contributed by atoms with Gasteiger partial charge in [-0.2, -0.15) is 24.3 Å². The fourth-order valence-corrected chi connectivity index (χ4v) is 5.65. The monoisotopic (exact) mass is 799 g/mol. The second kappa shape index (κ2) is 13.9. The molecule has 0 aliphatic rings. The van der Waals surface area contributed by atoms with Gasteiger partial charge in [0.05, 0.1) is 11.4 Å². The Morgan fingerprint density at radius 3 is 1.31 bits per heavy atom. The topological polar surface area (TPSA) is 26.8 Å². The predicted octanol–water partition coefficient (Wildman–Crippen LogP) is 8.15. The van der Waals surface area contributed by atoms with Crippen molar-refractivity contribution in [2.45, 2.75) is 0 Å². The molecule has 0 saturated heterocycles. The molecule has 0 aliphatic carbocycles. The Bertz CT molecular complexity index is 2130. The van der Waals surface area contributed by atoms with Crippen LogP contribution in [0.25, 0.3) is 45.0 Å². The normalized spacial score (nSPS) is 10.8. The van der Waals surface area contributed by atoms with E-state index in [-0.39, 0.29) is 21.1 Å². The maximum atomic E-state index is 6.26. The van der Waals surface area contributed by atoms with E-state index in [1.54, 1.807) is 0 Å². The Balaban J connectivity index is 0.00000364. The zero-order valence-electron chi connectivity index (χ0n) is 25.7. The standard InChI is InChI=1S/C42H28N4O.Pt/c1-3-13-33(14-4-1)39-21-7-9-23-41(39)45-27-25-43(31-45)35-17-11-19-37(29-35)47-38-20-12-18-36(30-38)44-26-28-46(32-44)42-24-10-8-22-40(42)34-15-5-2-6-16-34;/h1-28H;/q-2;+4. The third kappa shape index (κ3) is 6.42. The SMILES string of the molecule is [Pt+4].[c-]1c(Oc2[c-]c(-n3[c-][n+](-c4ccccc4-c4ccccc4)cc3)ccc2)cccc1-n1[c-][n+](-c2ccccc2-c2ccccc2)cc1. The van der Waals surface area contributed by atoms with Crippen molar-refractivity contribution in [3.8, 4) is 56.5 Å². The Morgan fingerprint density at radius 2 is 0.854 bits per heavy atom. The first kappa shape index (κ1) is 30.9. The first-order valence-corrected chi connectivity index (χ1v) is 15.4. The number of rotatable bonds is 8. The van der Waals surface area contributed by atoms with Crippen LogP contribution in [0.15, 0.2) is 170 Å². The van der Waals surface area contributed by atoms with Crippen molar-refractivity contribution in [3.63, 3.8) is 0 Å². The van der Waals surface area contributed by atoms with Crippen molar-refractivity contribution < 1.29 is 34.9 Å². The van der Waals surface area contributed by atoms with Crippen LogP contribution >= 0.6 is 0 Å². The maximum Gasteiger partial charge on any atom is 4.00 e. The molecule has 0 spiro atoms. The molecule has 0 fully saturated rings. The molecule has 8 aromatic rings. The molecule has 0 amide bonds. The summed E-state index contributed by atoms with van der Waals surface area (Å²) < 4.78 is 14.1. The summed E-state index contributed by atoms with van der Waals surface area (Å²) in [5, 5.41) is 0. The molecule has 230 valence electrons. The van der Waals surface area contributed by atoms with E-state index < -0.39 is 0 Å². The average Bonchev–Trinajstić information content (AvgIpc) is 3.84. The Morgan fingerprint density at radius 1 is 0.438 bits per heavy atom. The van der Waals surface area contributed by atoms with E-state index in [0.717, 1.165) is 45.0 Å². The van der Waals surface area contributed by atoms with E-state index in [2.05, 4.69) is 110 Å². The second-order valence-corrected chi connectivity index (χ2v) is 10.9. The van der Waals surface area contributed by atoms with Crippen LogP contribution in [-0.4, -0.2) is 9.13 Å². The largest absolute Gasteiger partial charge is 4.00 e. The molecule has 0 aliphatic heterocycles. The number of aromatic nitrogens is 4. The van der Waals surface area contributed by atoms with E-state index in [9.17, 15) is 0 Å². The van der Waals surface area contributed by atoms with E-state index in [0.29, 0.717) is 11.5 Å². The summed E-state index contributed by atoms with van der Waals surface area (Å²) in [6.07, 6.45) is 14.8. The fraction of sp³-hybridized carbons (Fsp3) is 0. The van der Waals surface area contributed by atoms with Crippen molar-refractivity contribution in [3.05, 3.63) is 195 Å². The van der Waals surface area contributed by atoms with Crippen LogP contribution < -0.4 is 13.9 Å². The third-order valence-electron chi connectivity index (χ3n) is 7.90. The quantitative estimate of drug-likeness (QED) is 0.113. The Hall–Kier alpha value is -5.77. The molecule has 5 nitrogen and oxygen atoms in total. The van der Waals surface area contributed by atoms with Crippen LogP contribution in [0.3, 0.4) is 0 Å². The van der Waals surface area contributed by atoms with Crippen LogP contribution in [0.1, 0.15) is 0 Å². The van der Waals surface area contributed by atoms with Crippen LogP contribution in [-0.2, 0) is 21.1 Å². The molecule has 0 radical (unpaired) electrons. The van der Waals surface area contributed by atoms with Gasteiger partial charge in [-0.05, 0) is 45.8 Å². The predicted molar refractivity (Wildman–Crippen MR) is 181 cm³/mol. The smallest absolute Gasteiger partial charge is 0.510 e. The number of nitrogens with zero attached hydrogens (tertiary/aromatic N) is 4. The zero-order valence-corrected chi connectivity index (χ0v) is 28.0. The van der Waals surface area contributed by atoms with Gasteiger partial charge < -0.3 is 13.9 Å². The number of imidazole rings is 2. The summed E-state index contributed by atoms with van der Waals surface area (Å²) >= 11 is 0. The van der Waals surface area contributed by atoms with Gasteiger partial charge in [0.2, 0.25) is 0 Å². The van der Waals surface area contributed by atoms with E-state index in [1.807, 2.05) is 104 Å². The molecule has 6 aromatic carbocycles. The van der Waals surface area contributed by atoms with Gasteiger partial charge in [-0.25, -0.2) is 0 Å². The number of hydrogen-bond donors (Lipinski definition) is 0. The molecular formula is C42H28N4OPt+2. The molecule has 0 bridgehead atoms. The van der Waals surface area contributed by atoms with Gasteiger partial charge in [0.25, 0.3) is 12.7 Å². The van der Waals surface area contributed by atoms with Gasteiger partial charge in [-0.1, -0.05) is 97.1 Å². The number of hydrogen-bond acceptors (Lipinski definition) is 1. The van der Waals surface area contributed by atoms with Gasteiger partial charge in [0, 0.05) is 36.3 Å². The molecule has 6 heteroatoms. The molecule has 2 heterocycles. The van der Waals surface area contributed by atoms with Gasteiger partial charge >= 0.3 is 21.1 Å². The molecule has 2 aromatic heterocycles. The number of para-hydroxylation sites is 2. The van der Waals surface area contributed by atoms with Crippen LogP contribution in [0.4, 0.5) is 0 Å². The van der Waals surface area contributed by atoms with Gasteiger partial charge in [0.15, 0.2) is 0 Å². The number of ether oxygens (including phenoxy) is 1. The summed E-state index contributed by atoms with van der Waals surface area (Å²) in [5.41, 5.74) is 8.29. The summed E-state index contributed by atoms with van der Waals surface area (Å²) in [6.45, 7) is 0. The summed E-state index contributed by atoms with van der Waals surface area (Å²) in [6, 6.07) is 55.8. The minimum atomic E-state index is 0. The second-order valence-electron chi connectivity index (χ2n) is 10.9. The van der Waals surface area contributed by atoms with Crippen molar-refractivity contribution in [1.82, 2.24) is 9.13 Å². The van der Waals surface area contributed by atoms with E-state index >= 15 is 0 Å². The Kier molecular flexibility index (Phi) is 8.95. The van der Waals surface area contributed by atoms with Gasteiger partial charge in [-0.15, -0.1) is 24.3 Å². The van der Waals surface area contributed by atoms with Crippen molar-refractivity contribution in [2.24, 2.45) is 0 Å². The van der Waals surface area contributed by atoms with Gasteiger partial charge in [0.1, 0.15) is 0 Å². The van der Waals surface area contributed by atoms with Crippen molar-refractivity contribution in [2.75, 3.05) is 0 Å². The van der Waals surface area contributed by atoms with E-state index in [1.165, 1.54) is 0 Å². The molecular weight excluding hydrogens is 772 g/mol.